The summed E-state index contributed by atoms with van der Waals surface area (Å²) >= 11 is 0. The van der Waals surface area contributed by atoms with Crippen molar-refractivity contribution in [3.8, 4) is 0 Å². The molecule has 2 amide bonds. The van der Waals surface area contributed by atoms with E-state index in [0.717, 1.165) is 50.2 Å². The quantitative estimate of drug-likeness (QED) is 0.887. The number of rotatable bonds is 3. The lowest BCUT2D eigenvalue weighted by atomic mass is 10.1. The summed E-state index contributed by atoms with van der Waals surface area (Å²) in [4.78, 5) is 26.6. The third-order valence-electron chi connectivity index (χ3n) is 4.90. The number of carbonyl (C=O) groups excluding carboxylic acids is 2. The van der Waals surface area contributed by atoms with Crippen LogP contribution in [0.4, 0.5) is 11.4 Å². The third-order valence-corrected chi connectivity index (χ3v) is 4.90. The van der Waals surface area contributed by atoms with E-state index in [9.17, 15) is 9.59 Å². The number of hydrogen-bond acceptors (Lipinski definition) is 4. The van der Waals surface area contributed by atoms with Gasteiger partial charge in [-0.05, 0) is 43.9 Å². The van der Waals surface area contributed by atoms with E-state index in [1.807, 2.05) is 12.1 Å². The van der Waals surface area contributed by atoms with Crippen LogP contribution < -0.4 is 15.5 Å². The summed E-state index contributed by atoms with van der Waals surface area (Å²) in [6.45, 7) is 2.22. The second kappa shape index (κ2) is 5.85. The number of anilines is 2. The van der Waals surface area contributed by atoms with Crippen LogP contribution in [0.5, 0.6) is 0 Å². The first kappa shape index (κ1) is 14.5. The van der Waals surface area contributed by atoms with E-state index in [1.54, 1.807) is 6.07 Å². The van der Waals surface area contributed by atoms with Gasteiger partial charge in [-0.3, -0.25) is 9.59 Å². The molecule has 6 nitrogen and oxygen atoms in total. The molecule has 3 heterocycles. The van der Waals surface area contributed by atoms with Crippen molar-refractivity contribution in [2.45, 2.75) is 37.8 Å². The maximum Gasteiger partial charge on any atom is 0.251 e. The van der Waals surface area contributed by atoms with Crippen molar-refractivity contribution in [1.29, 1.82) is 0 Å². The van der Waals surface area contributed by atoms with Crippen molar-refractivity contribution in [2.75, 3.05) is 29.9 Å². The largest absolute Gasteiger partial charge is 0.376 e. The second-order valence-electron chi connectivity index (χ2n) is 6.42. The van der Waals surface area contributed by atoms with Crippen molar-refractivity contribution < 1.29 is 14.3 Å². The summed E-state index contributed by atoms with van der Waals surface area (Å²) in [5.41, 5.74) is 2.32. The van der Waals surface area contributed by atoms with Crippen LogP contribution in [0.2, 0.25) is 0 Å². The van der Waals surface area contributed by atoms with Crippen molar-refractivity contribution in [3.05, 3.63) is 23.8 Å². The fourth-order valence-corrected chi connectivity index (χ4v) is 3.69. The van der Waals surface area contributed by atoms with Gasteiger partial charge in [0.25, 0.3) is 5.91 Å². The summed E-state index contributed by atoms with van der Waals surface area (Å²) < 4.78 is 5.51. The van der Waals surface area contributed by atoms with Crippen LogP contribution in [0.15, 0.2) is 18.2 Å². The first-order valence-electron chi connectivity index (χ1n) is 8.34. The average molecular weight is 315 g/mol. The molecule has 0 bridgehead atoms. The molecule has 6 heteroatoms. The number of hydrogen-bond donors (Lipinski definition) is 2. The summed E-state index contributed by atoms with van der Waals surface area (Å²) in [7, 11) is 0. The number of carbonyl (C=O) groups is 2. The van der Waals surface area contributed by atoms with E-state index >= 15 is 0 Å². The molecular weight excluding hydrogens is 294 g/mol. The molecule has 0 aliphatic carbocycles. The molecule has 1 aromatic carbocycles. The Balaban J connectivity index is 1.49. The molecular formula is C17H21N3O3. The van der Waals surface area contributed by atoms with E-state index in [0.29, 0.717) is 12.1 Å². The highest BCUT2D eigenvalue weighted by molar-refractivity contribution is 6.06. The van der Waals surface area contributed by atoms with Gasteiger partial charge in [0.15, 0.2) is 0 Å². The van der Waals surface area contributed by atoms with Crippen LogP contribution in [0.3, 0.4) is 0 Å². The molecule has 2 fully saturated rings. The lowest BCUT2D eigenvalue weighted by molar-refractivity contribution is -0.117. The molecule has 0 radical (unpaired) electrons. The normalized spacial score (nSPS) is 25.7. The van der Waals surface area contributed by atoms with Crippen LogP contribution in [0.25, 0.3) is 0 Å². The minimum atomic E-state index is -0.124. The molecule has 2 saturated heterocycles. The van der Waals surface area contributed by atoms with E-state index in [2.05, 4.69) is 15.5 Å². The van der Waals surface area contributed by atoms with Gasteiger partial charge < -0.3 is 20.3 Å². The fraction of sp³-hybridized carbons (Fsp3) is 0.529. The molecule has 122 valence electrons. The minimum Gasteiger partial charge on any atom is -0.376 e. The summed E-state index contributed by atoms with van der Waals surface area (Å²) in [6, 6.07) is 5.48. The Morgan fingerprint density at radius 2 is 2.26 bits per heavy atom. The first-order chi connectivity index (χ1) is 11.2. The molecule has 3 aliphatic heterocycles. The van der Waals surface area contributed by atoms with Gasteiger partial charge in [-0.25, -0.2) is 0 Å². The maximum absolute atomic E-state index is 12.3. The predicted octanol–water partition coefficient (Wildman–Crippen LogP) is 1.52. The highest BCUT2D eigenvalue weighted by Gasteiger charge is 2.36. The van der Waals surface area contributed by atoms with Gasteiger partial charge in [0, 0.05) is 25.3 Å². The lowest BCUT2D eigenvalue weighted by Gasteiger charge is -2.33. The Hall–Kier alpha value is -2.08. The Kier molecular flexibility index (Phi) is 3.69. The predicted molar refractivity (Wildman–Crippen MR) is 86.7 cm³/mol. The molecule has 2 N–H and O–H groups in total. The van der Waals surface area contributed by atoms with Crippen molar-refractivity contribution >= 4 is 23.2 Å². The number of nitrogens with zero attached hydrogens (tertiary/aromatic N) is 1. The molecule has 0 saturated carbocycles. The van der Waals surface area contributed by atoms with E-state index in [-0.39, 0.29) is 24.0 Å². The van der Waals surface area contributed by atoms with E-state index < -0.39 is 0 Å². The van der Waals surface area contributed by atoms with Crippen LogP contribution in [0, 0.1) is 0 Å². The van der Waals surface area contributed by atoms with Crippen molar-refractivity contribution in [2.24, 2.45) is 0 Å². The number of benzene rings is 1. The molecule has 3 aliphatic rings. The first-order valence-corrected chi connectivity index (χ1v) is 8.34. The molecule has 2 unspecified atom stereocenters. The SMILES string of the molecule is O=C(NCC1CCCO1)c1ccc2c(c1)NC(=O)C1CCCN21. The highest BCUT2D eigenvalue weighted by atomic mass is 16.5. The fourth-order valence-electron chi connectivity index (χ4n) is 3.69. The van der Waals surface area contributed by atoms with E-state index in [4.69, 9.17) is 4.74 Å². The van der Waals surface area contributed by atoms with Gasteiger partial charge in [0.1, 0.15) is 6.04 Å². The topological polar surface area (TPSA) is 70.7 Å². The van der Waals surface area contributed by atoms with Gasteiger partial charge in [-0.1, -0.05) is 0 Å². The van der Waals surface area contributed by atoms with Crippen LogP contribution in [-0.4, -0.2) is 43.7 Å². The average Bonchev–Trinajstić information content (AvgIpc) is 3.24. The van der Waals surface area contributed by atoms with Gasteiger partial charge >= 0.3 is 0 Å². The molecule has 1 aromatic rings. The van der Waals surface area contributed by atoms with Gasteiger partial charge in [0.05, 0.1) is 17.5 Å². The second-order valence-corrected chi connectivity index (χ2v) is 6.42. The van der Waals surface area contributed by atoms with Gasteiger partial charge in [-0.2, -0.15) is 0 Å². The number of ether oxygens (including phenoxy) is 1. The summed E-state index contributed by atoms with van der Waals surface area (Å²) in [6.07, 6.45) is 4.11. The lowest BCUT2D eigenvalue weighted by Crippen LogP contribution is -2.44. The monoisotopic (exact) mass is 315 g/mol. The van der Waals surface area contributed by atoms with Crippen molar-refractivity contribution in [3.63, 3.8) is 0 Å². The smallest absolute Gasteiger partial charge is 0.251 e. The Bertz CT molecular complexity index is 640. The highest BCUT2D eigenvalue weighted by Crippen LogP contribution is 2.37. The summed E-state index contributed by atoms with van der Waals surface area (Å²) in [5, 5.41) is 5.85. The minimum absolute atomic E-state index is 0.0342. The maximum atomic E-state index is 12.3. The Labute approximate surface area is 135 Å². The Morgan fingerprint density at radius 3 is 3.09 bits per heavy atom. The zero-order chi connectivity index (χ0) is 15.8. The molecule has 4 rings (SSSR count). The van der Waals surface area contributed by atoms with Crippen LogP contribution in [-0.2, 0) is 9.53 Å². The van der Waals surface area contributed by atoms with E-state index in [1.165, 1.54) is 0 Å². The molecule has 2 atom stereocenters. The number of nitrogens with one attached hydrogen (secondary N) is 2. The van der Waals surface area contributed by atoms with Crippen LogP contribution in [0.1, 0.15) is 36.0 Å². The molecule has 23 heavy (non-hydrogen) atoms. The molecule has 0 spiro atoms. The van der Waals surface area contributed by atoms with Crippen molar-refractivity contribution in [1.82, 2.24) is 5.32 Å². The standard InChI is InChI=1S/C17H21N3O3/c21-16(18-10-12-3-2-8-23-12)11-5-6-14-13(9-11)19-17(22)15-4-1-7-20(14)15/h5-6,9,12,15H,1-4,7-8,10H2,(H,18,21)(H,19,22). The zero-order valence-corrected chi connectivity index (χ0v) is 13.0. The molecule has 0 aromatic heterocycles. The number of amides is 2. The van der Waals surface area contributed by atoms with Crippen LogP contribution >= 0.6 is 0 Å². The number of fused-ring (bicyclic) bond motifs is 3. The summed E-state index contributed by atoms with van der Waals surface area (Å²) in [5.74, 6) is -0.0898. The van der Waals surface area contributed by atoms with Gasteiger partial charge in [0.2, 0.25) is 5.91 Å². The Morgan fingerprint density at radius 1 is 1.35 bits per heavy atom. The van der Waals surface area contributed by atoms with Gasteiger partial charge in [-0.15, -0.1) is 0 Å². The zero-order valence-electron chi connectivity index (χ0n) is 13.0. The third kappa shape index (κ3) is 2.67.